The van der Waals surface area contributed by atoms with Crippen LogP contribution in [0.5, 0.6) is 0 Å². The lowest BCUT2D eigenvalue weighted by molar-refractivity contribution is -0.126. The predicted octanol–water partition coefficient (Wildman–Crippen LogP) is 4.13. The molecule has 2 aliphatic carbocycles. The van der Waals surface area contributed by atoms with E-state index in [2.05, 4.69) is 6.92 Å². The summed E-state index contributed by atoms with van der Waals surface area (Å²) in [6.45, 7) is 4.23. The van der Waals surface area contributed by atoms with Crippen molar-refractivity contribution in [2.75, 3.05) is 0 Å². The van der Waals surface area contributed by atoms with Crippen molar-refractivity contribution in [2.24, 2.45) is 17.3 Å². The highest BCUT2D eigenvalue weighted by Gasteiger charge is 2.47. The van der Waals surface area contributed by atoms with Gasteiger partial charge in [0.1, 0.15) is 0 Å². The Balaban J connectivity index is 2.24. The largest absolute Gasteiger partial charge is 0.295 e. The Labute approximate surface area is 99.3 Å². The molecule has 0 aromatic rings. The molecule has 2 aliphatic rings. The molecule has 0 aromatic heterocycles. The first-order valence-electron chi connectivity index (χ1n) is 6.86. The van der Waals surface area contributed by atoms with E-state index in [1.165, 1.54) is 44.9 Å². The minimum absolute atomic E-state index is 0.319. The molecule has 0 bridgehead atoms. The van der Waals surface area contributed by atoms with E-state index in [9.17, 15) is 4.79 Å². The van der Waals surface area contributed by atoms with Gasteiger partial charge in [0.05, 0.1) is 0 Å². The molecule has 2 saturated carbocycles. The van der Waals surface area contributed by atoms with Crippen molar-refractivity contribution < 1.29 is 4.79 Å². The maximum atomic E-state index is 12.3. The fourth-order valence-electron chi connectivity index (χ4n) is 4.19. The summed E-state index contributed by atoms with van der Waals surface area (Å²) in [5.41, 5.74) is 0.383. The van der Waals surface area contributed by atoms with Crippen LogP contribution in [0.2, 0.25) is 0 Å². The number of hydrogen-bond acceptors (Lipinski definition) is 1. The van der Waals surface area contributed by atoms with Crippen LogP contribution in [0.15, 0.2) is 12.2 Å². The summed E-state index contributed by atoms with van der Waals surface area (Å²) in [5.74, 6) is 1.31. The van der Waals surface area contributed by atoms with Gasteiger partial charge < -0.3 is 0 Å². The molecule has 0 aromatic carbocycles. The molecule has 0 saturated heterocycles. The number of carbonyl (C=O) groups is 1. The molecule has 0 unspecified atom stereocenters. The quantitative estimate of drug-likeness (QED) is 0.639. The van der Waals surface area contributed by atoms with E-state index < -0.39 is 0 Å². The smallest absolute Gasteiger partial charge is 0.159 e. The van der Waals surface area contributed by atoms with Crippen LogP contribution in [0.4, 0.5) is 0 Å². The number of allylic oxidation sites excluding steroid dienone is 2. The van der Waals surface area contributed by atoms with E-state index in [0.29, 0.717) is 23.0 Å². The van der Waals surface area contributed by atoms with Gasteiger partial charge >= 0.3 is 0 Å². The average molecular weight is 220 g/mol. The molecule has 0 N–H and O–H groups in total. The van der Waals surface area contributed by atoms with Gasteiger partial charge in [-0.05, 0) is 50.0 Å². The summed E-state index contributed by atoms with van der Waals surface area (Å²) in [7, 11) is 0. The van der Waals surface area contributed by atoms with Crippen molar-refractivity contribution in [3.63, 3.8) is 0 Å². The van der Waals surface area contributed by atoms with Crippen LogP contribution >= 0.6 is 0 Å². The van der Waals surface area contributed by atoms with Gasteiger partial charge in [0, 0.05) is 5.92 Å². The van der Waals surface area contributed by atoms with Crippen molar-refractivity contribution in [2.45, 2.75) is 58.8 Å². The zero-order valence-electron chi connectivity index (χ0n) is 10.7. The van der Waals surface area contributed by atoms with E-state index in [1.54, 1.807) is 0 Å². The lowest BCUT2D eigenvalue weighted by Crippen LogP contribution is -2.40. The van der Waals surface area contributed by atoms with E-state index in [-0.39, 0.29) is 0 Å². The normalized spacial score (nSPS) is 33.6. The standard InChI is InChI=1S/C15H24O/c1-3-7-13(16)14-12(2)8-6-11-15(14)9-4-5-10-15/h3,7,12,14H,4-6,8-11H2,1-2H3/b7-3+/t12-,14-/m1/s1. The highest BCUT2D eigenvalue weighted by atomic mass is 16.1. The Bertz CT molecular complexity index is 284. The first-order valence-corrected chi connectivity index (χ1v) is 6.86. The second kappa shape index (κ2) is 4.73. The SMILES string of the molecule is C/C=C/C(=O)[C@H]1[C@H](C)CCCC12CCCC2. The molecule has 2 rings (SSSR count). The first-order chi connectivity index (χ1) is 7.69. The molecule has 0 amide bonds. The summed E-state index contributed by atoms with van der Waals surface area (Å²) in [4.78, 5) is 12.3. The number of carbonyl (C=O) groups excluding carboxylic acids is 1. The number of ketones is 1. The molecule has 1 spiro atoms. The highest BCUT2D eigenvalue weighted by Crippen LogP contribution is 2.54. The van der Waals surface area contributed by atoms with Gasteiger partial charge in [-0.15, -0.1) is 0 Å². The van der Waals surface area contributed by atoms with Crippen molar-refractivity contribution in [1.82, 2.24) is 0 Å². The monoisotopic (exact) mass is 220 g/mol. The van der Waals surface area contributed by atoms with Crippen LogP contribution in [-0.4, -0.2) is 5.78 Å². The third-order valence-corrected chi connectivity index (χ3v) is 4.80. The van der Waals surface area contributed by atoms with E-state index in [1.807, 2.05) is 19.1 Å². The summed E-state index contributed by atoms with van der Waals surface area (Å²) in [6, 6.07) is 0. The first kappa shape index (κ1) is 11.9. The molecule has 1 nitrogen and oxygen atoms in total. The van der Waals surface area contributed by atoms with Crippen LogP contribution in [0.25, 0.3) is 0 Å². The summed E-state index contributed by atoms with van der Waals surface area (Å²) < 4.78 is 0. The fourth-order valence-corrected chi connectivity index (χ4v) is 4.19. The van der Waals surface area contributed by atoms with Gasteiger partial charge in [-0.1, -0.05) is 32.3 Å². The van der Waals surface area contributed by atoms with Crippen LogP contribution in [0.3, 0.4) is 0 Å². The van der Waals surface area contributed by atoms with Crippen LogP contribution in [0, 0.1) is 17.3 Å². The molecule has 0 heterocycles. The zero-order valence-corrected chi connectivity index (χ0v) is 10.7. The third-order valence-electron chi connectivity index (χ3n) is 4.80. The second-order valence-electron chi connectivity index (χ2n) is 5.82. The van der Waals surface area contributed by atoms with Crippen LogP contribution in [-0.2, 0) is 4.79 Å². The predicted molar refractivity (Wildman–Crippen MR) is 67.2 cm³/mol. The van der Waals surface area contributed by atoms with Gasteiger partial charge in [-0.25, -0.2) is 0 Å². The second-order valence-corrected chi connectivity index (χ2v) is 5.82. The van der Waals surface area contributed by atoms with Gasteiger partial charge in [0.2, 0.25) is 0 Å². The Morgan fingerprint density at radius 2 is 1.81 bits per heavy atom. The summed E-state index contributed by atoms with van der Waals surface area (Å²) in [6.07, 6.45) is 12.9. The Hall–Kier alpha value is -0.590. The minimum atomic E-state index is 0.319. The molecule has 16 heavy (non-hydrogen) atoms. The number of rotatable bonds is 2. The molecule has 0 radical (unpaired) electrons. The van der Waals surface area contributed by atoms with Crippen LogP contribution < -0.4 is 0 Å². The van der Waals surface area contributed by atoms with E-state index in [4.69, 9.17) is 0 Å². The van der Waals surface area contributed by atoms with E-state index in [0.717, 1.165) is 0 Å². The van der Waals surface area contributed by atoms with E-state index >= 15 is 0 Å². The minimum Gasteiger partial charge on any atom is -0.295 e. The van der Waals surface area contributed by atoms with Crippen molar-refractivity contribution in [3.8, 4) is 0 Å². The topological polar surface area (TPSA) is 17.1 Å². The third kappa shape index (κ3) is 1.97. The van der Waals surface area contributed by atoms with Crippen molar-refractivity contribution in [1.29, 1.82) is 0 Å². The molecular formula is C15H24O. The molecule has 1 heteroatoms. The average Bonchev–Trinajstić information content (AvgIpc) is 2.67. The Morgan fingerprint density at radius 1 is 1.19 bits per heavy atom. The summed E-state index contributed by atoms with van der Waals surface area (Å²) in [5, 5.41) is 0. The Kier molecular flexibility index (Phi) is 3.51. The molecule has 2 atom stereocenters. The van der Waals surface area contributed by atoms with Gasteiger partial charge in [0.15, 0.2) is 5.78 Å². The number of hydrogen-bond donors (Lipinski definition) is 0. The lowest BCUT2D eigenvalue weighted by Gasteiger charge is -2.44. The van der Waals surface area contributed by atoms with Crippen molar-refractivity contribution in [3.05, 3.63) is 12.2 Å². The fraction of sp³-hybridized carbons (Fsp3) is 0.800. The highest BCUT2D eigenvalue weighted by molar-refractivity contribution is 5.92. The van der Waals surface area contributed by atoms with Gasteiger partial charge in [-0.3, -0.25) is 4.79 Å². The summed E-state index contributed by atoms with van der Waals surface area (Å²) >= 11 is 0. The molecule has 0 aliphatic heterocycles. The maximum absolute atomic E-state index is 12.3. The zero-order chi connectivity index (χ0) is 11.6. The molecular weight excluding hydrogens is 196 g/mol. The lowest BCUT2D eigenvalue weighted by atomic mass is 9.59. The molecule has 2 fully saturated rings. The van der Waals surface area contributed by atoms with Gasteiger partial charge in [-0.2, -0.15) is 0 Å². The van der Waals surface area contributed by atoms with Gasteiger partial charge in [0.25, 0.3) is 0 Å². The molecule has 90 valence electrons. The Morgan fingerprint density at radius 3 is 2.44 bits per heavy atom. The van der Waals surface area contributed by atoms with Crippen molar-refractivity contribution >= 4 is 5.78 Å². The van der Waals surface area contributed by atoms with Crippen LogP contribution in [0.1, 0.15) is 58.8 Å². The maximum Gasteiger partial charge on any atom is 0.159 e.